The molecule has 0 aliphatic carbocycles. The second-order valence-electron chi connectivity index (χ2n) is 6.84. The van der Waals surface area contributed by atoms with Gasteiger partial charge < -0.3 is 20.4 Å². The molecule has 3 aromatic rings. The van der Waals surface area contributed by atoms with Gasteiger partial charge in [-0.25, -0.2) is 4.39 Å². The van der Waals surface area contributed by atoms with E-state index in [-0.39, 0.29) is 40.2 Å². The molecule has 0 bridgehead atoms. The summed E-state index contributed by atoms with van der Waals surface area (Å²) in [6, 6.07) is 4.30. The van der Waals surface area contributed by atoms with Gasteiger partial charge in [-0.05, 0) is 31.5 Å². The molecule has 2 aromatic carbocycles. The Kier molecular flexibility index (Phi) is 4.66. The summed E-state index contributed by atoms with van der Waals surface area (Å²) in [5, 5.41) is 8.33. The highest BCUT2D eigenvalue weighted by molar-refractivity contribution is 6.32. The number of benzene rings is 1. The van der Waals surface area contributed by atoms with Crippen molar-refractivity contribution in [2.45, 2.75) is 32.9 Å². The fourth-order valence-corrected chi connectivity index (χ4v) is 3.68. The number of halogens is 2. The van der Waals surface area contributed by atoms with Crippen LogP contribution >= 0.6 is 11.6 Å². The number of carbonyl (C=O) groups is 1. The average molecular weight is 418 g/mol. The summed E-state index contributed by atoms with van der Waals surface area (Å²) in [6.07, 6.45) is 0.582. The Bertz CT molecular complexity index is 1210. The van der Waals surface area contributed by atoms with E-state index in [1.165, 1.54) is 0 Å². The molecular formula is C20H17ClFN3O4. The lowest BCUT2D eigenvalue weighted by Gasteiger charge is -2.21. The third-order valence-electron chi connectivity index (χ3n) is 4.98. The van der Waals surface area contributed by atoms with Gasteiger partial charge in [-0.2, -0.15) is 0 Å². The van der Waals surface area contributed by atoms with Crippen LogP contribution in [0.3, 0.4) is 0 Å². The van der Waals surface area contributed by atoms with E-state index < -0.39 is 22.6 Å². The van der Waals surface area contributed by atoms with Crippen LogP contribution in [0.5, 0.6) is 0 Å². The minimum atomic E-state index is -0.793. The number of aryl methyl sites for hydroxylation is 1. The van der Waals surface area contributed by atoms with E-state index in [0.717, 1.165) is 6.07 Å². The fourth-order valence-electron chi connectivity index (χ4n) is 3.43. The van der Waals surface area contributed by atoms with Gasteiger partial charge in [0.05, 0.1) is 17.3 Å². The second kappa shape index (κ2) is 7.04. The van der Waals surface area contributed by atoms with E-state index in [9.17, 15) is 18.8 Å². The van der Waals surface area contributed by atoms with Crippen LogP contribution in [0.2, 0.25) is 5.02 Å². The molecule has 150 valence electrons. The fraction of sp³-hybridized carbons (Fsp3) is 0.250. The van der Waals surface area contributed by atoms with Crippen LogP contribution < -0.4 is 26.8 Å². The summed E-state index contributed by atoms with van der Waals surface area (Å²) < 4.78 is 20.2. The zero-order chi connectivity index (χ0) is 20.9. The standard InChI is InChI=1S/C20H17ClFN3O4/c1-3-12(13-5-4-8(2)29-13)24-16-17(19(27)18(16)26)25-15-11(22)6-10(21)9-7-23-20(28)14(9)15/h4-6,12,24-25H,3,7H2,1-2H3,(H,23,28). The van der Waals surface area contributed by atoms with Gasteiger partial charge in [-0.3, -0.25) is 14.4 Å². The SMILES string of the molecule is CCC(Nc1c(Nc2c(F)cc(Cl)c3c2C(=O)NC3)c(=O)c1=O)c1ccc(C)o1. The van der Waals surface area contributed by atoms with Crippen molar-refractivity contribution >= 4 is 34.6 Å². The second-order valence-corrected chi connectivity index (χ2v) is 7.25. The molecule has 1 aliphatic rings. The molecule has 0 saturated carbocycles. The molecule has 1 aliphatic heterocycles. The van der Waals surface area contributed by atoms with Crippen LogP contribution in [-0.2, 0) is 6.54 Å². The van der Waals surface area contributed by atoms with E-state index in [1.807, 2.05) is 6.92 Å². The highest BCUT2D eigenvalue weighted by atomic mass is 35.5. The molecule has 1 aromatic heterocycles. The number of amides is 1. The number of hydrogen-bond donors (Lipinski definition) is 3. The number of anilines is 3. The molecular weight excluding hydrogens is 401 g/mol. The Balaban J connectivity index is 1.70. The van der Waals surface area contributed by atoms with Crippen LogP contribution in [0.1, 0.15) is 46.8 Å². The van der Waals surface area contributed by atoms with Gasteiger partial charge in [0.25, 0.3) is 16.8 Å². The number of hydrogen-bond acceptors (Lipinski definition) is 6. The molecule has 0 fully saturated rings. The molecule has 1 amide bonds. The molecule has 7 nitrogen and oxygen atoms in total. The quantitative estimate of drug-likeness (QED) is 0.530. The maximum absolute atomic E-state index is 14.6. The third-order valence-corrected chi connectivity index (χ3v) is 5.31. The van der Waals surface area contributed by atoms with Crippen molar-refractivity contribution in [3.63, 3.8) is 0 Å². The zero-order valence-corrected chi connectivity index (χ0v) is 16.4. The van der Waals surface area contributed by atoms with Crippen molar-refractivity contribution < 1.29 is 13.6 Å². The van der Waals surface area contributed by atoms with Gasteiger partial charge >= 0.3 is 0 Å². The van der Waals surface area contributed by atoms with E-state index in [4.69, 9.17) is 16.0 Å². The van der Waals surface area contributed by atoms with Gasteiger partial charge in [0.15, 0.2) is 0 Å². The van der Waals surface area contributed by atoms with Gasteiger partial charge in [0.1, 0.15) is 28.7 Å². The molecule has 4 rings (SSSR count). The molecule has 0 saturated heterocycles. The smallest absolute Gasteiger partial charge is 0.254 e. The summed E-state index contributed by atoms with van der Waals surface area (Å²) in [5.74, 6) is 0.0310. The van der Waals surface area contributed by atoms with Crippen LogP contribution in [-0.4, -0.2) is 5.91 Å². The number of carbonyl (C=O) groups excluding carboxylic acids is 1. The molecule has 1 atom stereocenters. The van der Waals surface area contributed by atoms with Crippen molar-refractivity contribution in [2.75, 3.05) is 10.6 Å². The van der Waals surface area contributed by atoms with Crippen molar-refractivity contribution in [2.24, 2.45) is 0 Å². The van der Waals surface area contributed by atoms with Crippen molar-refractivity contribution in [3.05, 3.63) is 72.1 Å². The highest BCUT2D eigenvalue weighted by Gasteiger charge is 2.31. The maximum atomic E-state index is 14.6. The summed E-state index contributed by atoms with van der Waals surface area (Å²) in [6.45, 7) is 3.86. The lowest BCUT2D eigenvalue weighted by molar-refractivity contribution is 0.0966. The minimum Gasteiger partial charge on any atom is -0.464 e. The predicted molar refractivity (Wildman–Crippen MR) is 107 cm³/mol. The summed E-state index contributed by atoms with van der Waals surface area (Å²) in [7, 11) is 0. The van der Waals surface area contributed by atoms with Crippen molar-refractivity contribution in [1.82, 2.24) is 5.32 Å². The van der Waals surface area contributed by atoms with E-state index >= 15 is 0 Å². The zero-order valence-electron chi connectivity index (χ0n) is 15.6. The first-order valence-electron chi connectivity index (χ1n) is 9.04. The first-order chi connectivity index (χ1) is 13.8. The maximum Gasteiger partial charge on any atom is 0.254 e. The van der Waals surface area contributed by atoms with Gasteiger partial charge in [-0.15, -0.1) is 0 Å². The number of nitrogens with one attached hydrogen (secondary N) is 3. The van der Waals surface area contributed by atoms with E-state index in [0.29, 0.717) is 23.5 Å². The van der Waals surface area contributed by atoms with E-state index in [2.05, 4.69) is 16.0 Å². The monoisotopic (exact) mass is 417 g/mol. The van der Waals surface area contributed by atoms with Crippen LogP contribution in [0.25, 0.3) is 0 Å². The van der Waals surface area contributed by atoms with Crippen molar-refractivity contribution in [1.29, 1.82) is 0 Å². The number of rotatable bonds is 6. The summed E-state index contributed by atoms with van der Waals surface area (Å²) in [5.41, 5.74) is -1.30. The van der Waals surface area contributed by atoms with Crippen molar-refractivity contribution in [3.8, 4) is 0 Å². The molecule has 29 heavy (non-hydrogen) atoms. The average Bonchev–Trinajstić information content (AvgIpc) is 3.29. The number of furan rings is 1. The Morgan fingerprint density at radius 1 is 1.21 bits per heavy atom. The Morgan fingerprint density at radius 2 is 1.93 bits per heavy atom. The predicted octanol–water partition coefficient (Wildman–Crippen LogP) is 3.53. The topological polar surface area (TPSA) is 100 Å². The van der Waals surface area contributed by atoms with Crippen LogP contribution in [0.4, 0.5) is 21.5 Å². The van der Waals surface area contributed by atoms with Crippen LogP contribution in [0.15, 0.2) is 32.2 Å². The number of fused-ring (bicyclic) bond motifs is 1. The first-order valence-corrected chi connectivity index (χ1v) is 9.41. The Labute approximate surface area is 169 Å². The summed E-state index contributed by atoms with van der Waals surface area (Å²) in [4.78, 5) is 36.5. The van der Waals surface area contributed by atoms with E-state index in [1.54, 1.807) is 19.1 Å². The molecule has 2 heterocycles. The summed E-state index contributed by atoms with van der Waals surface area (Å²) >= 11 is 6.02. The molecule has 9 heteroatoms. The highest BCUT2D eigenvalue weighted by Crippen LogP contribution is 2.36. The molecule has 3 N–H and O–H groups in total. The third kappa shape index (κ3) is 3.09. The Hall–Kier alpha value is -3.13. The van der Waals surface area contributed by atoms with Crippen LogP contribution in [0, 0.1) is 12.7 Å². The minimum absolute atomic E-state index is 0.0254. The normalized spacial score (nSPS) is 14.0. The lowest BCUT2D eigenvalue weighted by Crippen LogP contribution is -2.37. The largest absolute Gasteiger partial charge is 0.464 e. The molecule has 0 radical (unpaired) electrons. The first kappa shape index (κ1) is 19.2. The van der Waals surface area contributed by atoms with Gasteiger partial charge in [-0.1, -0.05) is 18.5 Å². The van der Waals surface area contributed by atoms with Gasteiger partial charge in [0.2, 0.25) is 0 Å². The molecule has 1 unspecified atom stereocenters. The van der Waals surface area contributed by atoms with Gasteiger partial charge in [0, 0.05) is 17.1 Å². The Morgan fingerprint density at radius 3 is 2.59 bits per heavy atom. The molecule has 0 spiro atoms. The lowest BCUT2D eigenvalue weighted by atomic mass is 10.0.